The Labute approximate surface area is 89.3 Å². The lowest BCUT2D eigenvalue weighted by molar-refractivity contribution is -0.0794. The molecule has 15 heavy (non-hydrogen) atoms. The van der Waals surface area contributed by atoms with Crippen LogP contribution in [-0.2, 0) is 16.8 Å². The van der Waals surface area contributed by atoms with Gasteiger partial charge in [0, 0.05) is 0 Å². The van der Waals surface area contributed by atoms with Crippen LogP contribution >= 0.6 is 0 Å². The maximum absolute atomic E-state index is 9.47. The van der Waals surface area contributed by atoms with Gasteiger partial charge >= 0.3 is 0 Å². The van der Waals surface area contributed by atoms with Gasteiger partial charge in [0.05, 0.1) is 11.7 Å². The summed E-state index contributed by atoms with van der Waals surface area (Å²) in [6.07, 6.45) is 0.906. The van der Waals surface area contributed by atoms with Gasteiger partial charge in [0.1, 0.15) is 0 Å². The first kappa shape index (κ1) is 10.3. The van der Waals surface area contributed by atoms with Crippen LogP contribution in [0.1, 0.15) is 31.9 Å². The highest BCUT2D eigenvalue weighted by Gasteiger charge is 2.32. The highest BCUT2D eigenvalue weighted by Crippen LogP contribution is 2.40. The zero-order valence-electron chi connectivity index (χ0n) is 9.24. The maximum Gasteiger partial charge on any atom is 0.157 e. The number of rotatable bonds is 0. The van der Waals surface area contributed by atoms with Gasteiger partial charge in [-0.1, -0.05) is 0 Å². The number of phenols is 2. The number of aromatic hydroxyl groups is 2. The number of benzene rings is 1. The Morgan fingerprint density at radius 3 is 2.53 bits per heavy atom. The van der Waals surface area contributed by atoms with E-state index >= 15 is 0 Å². The Bertz CT molecular complexity index is 396. The summed E-state index contributed by atoms with van der Waals surface area (Å²) in [7, 11) is 0. The Morgan fingerprint density at radius 1 is 1.27 bits per heavy atom. The van der Waals surface area contributed by atoms with E-state index in [0.29, 0.717) is 0 Å². The molecule has 0 aromatic heterocycles. The summed E-state index contributed by atoms with van der Waals surface area (Å²) in [5.41, 5.74) is 1.60. The van der Waals surface area contributed by atoms with Gasteiger partial charge < -0.3 is 14.9 Å². The first-order chi connectivity index (χ1) is 6.90. The Morgan fingerprint density at radius 2 is 1.87 bits per heavy atom. The number of hydrogen-bond acceptors (Lipinski definition) is 3. The predicted octanol–water partition coefficient (Wildman–Crippen LogP) is 2.29. The lowest BCUT2D eigenvalue weighted by Gasteiger charge is -2.36. The van der Waals surface area contributed by atoms with Crippen LogP contribution in [0.5, 0.6) is 11.5 Å². The Balaban J connectivity index is 2.58. The monoisotopic (exact) mass is 208 g/mol. The van der Waals surface area contributed by atoms with E-state index in [1.165, 1.54) is 0 Å². The minimum atomic E-state index is -0.405. The molecule has 0 aliphatic carbocycles. The van der Waals surface area contributed by atoms with Crippen LogP contribution in [-0.4, -0.2) is 16.3 Å². The topological polar surface area (TPSA) is 49.7 Å². The highest BCUT2D eigenvalue weighted by atomic mass is 16.5. The first-order valence-electron chi connectivity index (χ1n) is 5.13. The van der Waals surface area contributed by atoms with Crippen LogP contribution in [0.15, 0.2) is 12.1 Å². The molecule has 1 aromatic carbocycles. The number of ether oxygens (including phenoxy) is 1. The highest BCUT2D eigenvalue weighted by molar-refractivity contribution is 5.48. The molecule has 0 spiro atoms. The molecule has 1 atom stereocenters. The van der Waals surface area contributed by atoms with E-state index in [-0.39, 0.29) is 17.6 Å². The van der Waals surface area contributed by atoms with E-state index < -0.39 is 5.60 Å². The second kappa shape index (κ2) is 3.14. The molecule has 0 radical (unpaired) electrons. The van der Waals surface area contributed by atoms with Gasteiger partial charge in [-0.05, 0) is 50.5 Å². The lowest BCUT2D eigenvalue weighted by atomic mass is 9.87. The summed E-state index contributed by atoms with van der Waals surface area (Å²) in [6, 6.07) is 3.22. The second-order valence-corrected chi connectivity index (χ2v) is 4.64. The van der Waals surface area contributed by atoms with Crippen molar-refractivity contribution >= 4 is 0 Å². The van der Waals surface area contributed by atoms with Crippen molar-refractivity contribution in [3.63, 3.8) is 0 Å². The van der Waals surface area contributed by atoms with Crippen LogP contribution in [0.2, 0.25) is 0 Å². The molecule has 0 amide bonds. The van der Waals surface area contributed by atoms with Crippen molar-refractivity contribution in [2.75, 3.05) is 0 Å². The summed E-state index contributed by atoms with van der Waals surface area (Å²) in [5, 5.41) is 18.9. The molecule has 0 bridgehead atoms. The van der Waals surface area contributed by atoms with E-state index in [9.17, 15) is 10.2 Å². The van der Waals surface area contributed by atoms with E-state index in [2.05, 4.69) is 0 Å². The van der Waals surface area contributed by atoms with Gasteiger partial charge in [0.15, 0.2) is 11.5 Å². The molecular weight excluding hydrogens is 192 g/mol. The zero-order chi connectivity index (χ0) is 11.2. The number of phenolic OH excluding ortho intramolecular Hbond substituents is 2. The molecule has 0 saturated heterocycles. The molecule has 3 nitrogen and oxygen atoms in total. The van der Waals surface area contributed by atoms with Crippen LogP contribution in [0.25, 0.3) is 0 Å². The smallest absolute Gasteiger partial charge is 0.157 e. The molecule has 1 aliphatic rings. The number of hydrogen-bond donors (Lipinski definition) is 2. The standard InChI is InChI=1S/C12H16O3/c1-7-4-8-5-10(13)11(14)6-9(8)12(2,3)15-7/h5-7,13-14H,4H2,1-3H3. The third-order valence-electron chi connectivity index (χ3n) is 2.85. The largest absolute Gasteiger partial charge is 0.504 e. The van der Waals surface area contributed by atoms with Gasteiger partial charge in [0.25, 0.3) is 0 Å². The van der Waals surface area contributed by atoms with Gasteiger partial charge in [-0.25, -0.2) is 0 Å². The fourth-order valence-electron chi connectivity index (χ4n) is 2.27. The van der Waals surface area contributed by atoms with Gasteiger partial charge in [-0.3, -0.25) is 0 Å². The fraction of sp³-hybridized carbons (Fsp3) is 0.500. The van der Waals surface area contributed by atoms with Crippen molar-refractivity contribution in [2.45, 2.75) is 38.9 Å². The normalized spacial score (nSPS) is 23.5. The van der Waals surface area contributed by atoms with Crippen molar-refractivity contribution in [1.29, 1.82) is 0 Å². The first-order valence-corrected chi connectivity index (χ1v) is 5.13. The molecule has 1 heterocycles. The second-order valence-electron chi connectivity index (χ2n) is 4.64. The molecule has 0 saturated carbocycles. The van der Waals surface area contributed by atoms with Crippen molar-refractivity contribution in [2.24, 2.45) is 0 Å². The van der Waals surface area contributed by atoms with Crippen LogP contribution < -0.4 is 0 Å². The van der Waals surface area contributed by atoms with Crippen molar-refractivity contribution in [3.8, 4) is 11.5 Å². The summed E-state index contributed by atoms with van der Waals surface area (Å²) >= 11 is 0. The summed E-state index contributed by atoms with van der Waals surface area (Å²) in [6.45, 7) is 5.95. The molecule has 2 N–H and O–H groups in total. The molecule has 1 unspecified atom stereocenters. The predicted molar refractivity (Wildman–Crippen MR) is 57.0 cm³/mol. The minimum absolute atomic E-state index is 0.0568. The molecule has 1 aliphatic heterocycles. The van der Waals surface area contributed by atoms with Crippen LogP contribution in [0.3, 0.4) is 0 Å². The van der Waals surface area contributed by atoms with Gasteiger partial charge in [0.2, 0.25) is 0 Å². The van der Waals surface area contributed by atoms with Crippen molar-refractivity contribution in [3.05, 3.63) is 23.3 Å². The Kier molecular flexibility index (Phi) is 2.15. The number of fused-ring (bicyclic) bond motifs is 1. The molecule has 82 valence electrons. The average molecular weight is 208 g/mol. The molecular formula is C12H16O3. The van der Waals surface area contributed by atoms with Gasteiger partial charge in [-0.15, -0.1) is 0 Å². The third-order valence-corrected chi connectivity index (χ3v) is 2.85. The van der Waals surface area contributed by atoms with E-state index in [1.807, 2.05) is 20.8 Å². The average Bonchev–Trinajstić information content (AvgIpc) is 2.07. The minimum Gasteiger partial charge on any atom is -0.504 e. The molecule has 1 aromatic rings. The SMILES string of the molecule is CC1Cc2cc(O)c(O)cc2C(C)(C)O1. The summed E-state index contributed by atoms with van der Waals surface area (Å²) < 4.78 is 5.80. The van der Waals surface area contributed by atoms with E-state index in [4.69, 9.17) is 4.74 Å². The molecule has 3 heteroatoms. The Hall–Kier alpha value is -1.22. The third kappa shape index (κ3) is 1.67. The summed E-state index contributed by atoms with van der Waals surface area (Å²) in [5.74, 6) is -0.140. The van der Waals surface area contributed by atoms with E-state index in [1.54, 1.807) is 12.1 Å². The summed E-state index contributed by atoms with van der Waals surface area (Å²) in [4.78, 5) is 0. The van der Waals surface area contributed by atoms with Crippen molar-refractivity contribution < 1.29 is 14.9 Å². The molecule has 2 rings (SSSR count). The van der Waals surface area contributed by atoms with Gasteiger partial charge in [-0.2, -0.15) is 0 Å². The quantitative estimate of drug-likeness (QED) is 0.643. The van der Waals surface area contributed by atoms with E-state index in [0.717, 1.165) is 17.5 Å². The van der Waals surface area contributed by atoms with Crippen LogP contribution in [0.4, 0.5) is 0 Å². The molecule has 0 fully saturated rings. The van der Waals surface area contributed by atoms with Crippen molar-refractivity contribution in [1.82, 2.24) is 0 Å². The zero-order valence-corrected chi connectivity index (χ0v) is 9.24. The maximum atomic E-state index is 9.47. The lowest BCUT2D eigenvalue weighted by Crippen LogP contribution is -2.34. The van der Waals surface area contributed by atoms with Crippen LogP contribution in [0, 0.1) is 0 Å². The fourth-order valence-corrected chi connectivity index (χ4v) is 2.27.